The van der Waals surface area contributed by atoms with E-state index in [-0.39, 0.29) is 17.9 Å². The molecule has 0 radical (unpaired) electrons. The molecule has 0 bridgehead atoms. The predicted octanol–water partition coefficient (Wildman–Crippen LogP) is 1.58. The molecule has 110 valence electrons. The van der Waals surface area contributed by atoms with Crippen molar-refractivity contribution in [1.82, 2.24) is 15.1 Å². The molecule has 1 aromatic heterocycles. The van der Waals surface area contributed by atoms with Crippen LogP contribution in [0, 0.1) is 12.8 Å². The second-order valence-corrected chi connectivity index (χ2v) is 5.35. The first-order chi connectivity index (χ1) is 9.51. The van der Waals surface area contributed by atoms with Crippen molar-refractivity contribution < 1.29 is 14.7 Å². The smallest absolute Gasteiger partial charge is 0.306 e. The molecular formula is C14H21N3O3. The molecule has 2 N–H and O–H groups in total. The van der Waals surface area contributed by atoms with Crippen LogP contribution in [0.4, 0.5) is 0 Å². The van der Waals surface area contributed by atoms with Crippen LogP contribution in [0.15, 0.2) is 6.07 Å². The van der Waals surface area contributed by atoms with E-state index in [4.69, 9.17) is 5.11 Å². The highest BCUT2D eigenvalue weighted by Gasteiger charge is 2.27. The lowest BCUT2D eigenvalue weighted by Crippen LogP contribution is -2.39. The highest BCUT2D eigenvalue weighted by Crippen LogP contribution is 2.24. The minimum Gasteiger partial charge on any atom is -0.481 e. The number of rotatable bonds is 4. The lowest BCUT2D eigenvalue weighted by atomic mass is 9.86. The molecule has 1 amide bonds. The third-order valence-electron chi connectivity index (χ3n) is 3.85. The first-order valence-corrected chi connectivity index (χ1v) is 7.09. The first-order valence-electron chi connectivity index (χ1n) is 7.09. The normalized spacial score (nSPS) is 22.5. The number of nitrogens with zero attached hydrogens (tertiary/aromatic N) is 2. The van der Waals surface area contributed by atoms with Gasteiger partial charge in [0.1, 0.15) is 5.69 Å². The van der Waals surface area contributed by atoms with Crippen molar-refractivity contribution in [3.63, 3.8) is 0 Å². The number of aliphatic carboxylic acids is 1. The van der Waals surface area contributed by atoms with Gasteiger partial charge in [0.25, 0.3) is 5.91 Å². The summed E-state index contributed by atoms with van der Waals surface area (Å²) in [6, 6.07) is 1.85. The monoisotopic (exact) mass is 279 g/mol. The Hall–Kier alpha value is -1.85. The van der Waals surface area contributed by atoms with Crippen molar-refractivity contribution in [2.45, 2.75) is 52.1 Å². The van der Waals surface area contributed by atoms with Crippen molar-refractivity contribution in [2.24, 2.45) is 5.92 Å². The quantitative estimate of drug-likeness (QED) is 0.876. The van der Waals surface area contributed by atoms with E-state index in [1.54, 1.807) is 10.7 Å². The van der Waals surface area contributed by atoms with Gasteiger partial charge in [0, 0.05) is 12.6 Å². The van der Waals surface area contributed by atoms with Gasteiger partial charge in [-0.3, -0.25) is 14.3 Å². The molecule has 0 aromatic carbocycles. The number of carboxylic acid groups (broad SMARTS) is 1. The van der Waals surface area contributed by atoms with Crippen LogP contribution in [0.1, 0.15) is 48.8 Å². The van der Waals surface area contributed by atoms with Crippen molar-refractivity contribution in [2.75, 3.05) is 0 Å². The number of carbonyl (C=O) groups is 2. The lowest BCUT2D eigenvalue weighted by molar-refractivity contribution is -0.142. The minimum atomic E-state index is -0.727. The summed E-state index contributed by atoms with van der Waals surface area (Å²) in [5.74, 6) is -1.10. The third-order valence-corrected chi connectivity index (χ3v) is 3.85. The molecule has 0 atom stereocenters. The number of nitrogens with one attached hydrogen (secondary N) is 1. The third kappa shape index (κ3) is 3.18. The second-order valence-electron chi connectivity index (χ2n) is 5.35. The fraction of sp³-hybridized carbons (Fsp3) is 0.643. The molecule has 1 aliphatic rings. The Morgan fingerprint density at radius 2 is 2.05 bits per heavy atom. The summed E-state index contributed by atoms with van der Waals surface area (Å²) < 4.78 is 1.69. The summed E-state index contributed by atoms with van der Waals surface area (Å²) in [5.41, 5.74) is 1.40. The molecular weight excluding hydrogens is 258 g/mol. The number of amides is 1. The van der Waals surface area contributed by atoms with Gasteiger partial charge in [-0.15, -0.1) is 0 Å². The maximum atomic E-state index is 12.2. The van der Waals surface area contributed by atoms with Crippen LogP contribution in [-0.4, -0.2) is 32.8 Å². The number of hydrogen-bond donors (Lipinski definition) is 2. The van der Waals surface area contributed by atoms with E-state index >= 15 is 0 Å². The van der Waals surface area contributed by atoms with Crippen molar-refractivity contribution in [1.29, 1.82) is 0 Å². The van der Waals surface area contributed by atoms with E-state index in [1.165, 1.54) is 0 Å². The summed E-state index contributed by atoms with van der Waals surface area (Å²) in [5, 5.41) is 16.2. The summed E-state index contributed by atoms with van der Waals surface area (Å²) in [6.07, 6.45) is 2.71. The highest BCUT2D eigenvalue weighted by molar-refractivity contribution is 5.92. The highest BCUT2D eigenvalue weighted by atomic mass is 16.4. The van der Waals surface area contributed by atoms with E-state index in [1.807, 2.05) is 13.8 Å². The number of aromatic nitrogens is 2. The molecule has 0 unspecified atom stereocenters. The van der Waals surface area contributed by atoms with Crippen LogP contribution in [0.5, 0.6) is 0 Å². The SMILES string of the molecule is CCn1nc(C)cc1C(=O)NC1CCC(C(=O)O)CC1. The van der Waals surface area contributed by atoms with Crippen LogP contribution in [0.2, 0.25) is 0 Å². The van der Waals surface area contributed by atoms with E-state index in [9.17, 15) is 9.59 Å². The Labute approximate surface area is 118 Å². The van der Waals surface area contributed by atoms with Crippen molar-refractivity contribution >= 4 is 11.9 Å². The standard InChI is InChI=1S/C14H21N3O3/c1-3-17-12(8-9(2)16-17)13(18)15-11-6-4-10(5-7-11)14(19)20/h8,10-11H,3-7H2,1-2H3,(H,15,18)(H,19,20). The van der Waals surface area contributed by atoms with Gasteiger partial charge >= 0.3 is 5.97 Å². The second kappa shape index (κ2) is 6.07. The summed E-state index contributed by atoms with van der Waals surface area (Å²) in [6.45, 7) is 4.46. The minimum absolute atomic E-state index is 0.0682. The van der Waals surface area contributed by atoms with Gasteiger partial charge in [0.2, 0.25) is 0 Å². The largest absolute Gasteiger partial charge is 0.481 e. The van der Waals surface area contributed by atoms with Gasteiger partial charge in [-0.25, -0.2) is 0 Å². The molecule has 1 aromatic rings. The lowest BCUT2D eigenvalue weighted by Gasteiger charge is -2.26. The first kappa shape index (κ1) is 14.6. The predicted molar refractivity (Wildman–Crippen MR) is 73.5 cm³/mol. The van der Waals surface area contributed by atoms with Gasteiger partial charge in [-0.2, -0.15) is 5.10 Å². The molecule has 6 heteroatoms. The zero-order chi connectivity index (χ0) is 14.7. The number of carboxylic acids is 1. The van der Waals surface area contributed by atoms with Crippen molar-refractivity contribution in [3.05, 3.63) is 17.5 Å². The van der Waals surface area contributed by atoms with Crippen LogP contribution < -0.4 is 5.32 Å². The molecule has 1 aliphatic carbocycles. The van der Waals surface area contributed by atoms with E-state index in [2.05, 4.69) is 10.4 Å². The van der Waals surface area contributed by atoms with Gasteiger partial charge in [-0.1, -0.05) is 0 Å². The van der Waals surface area contributed by atoms with Crippen LogP contribution in [0.3, 0.4) is 0 Å². The van der Waals surface area contributed by atoms with Gasteiger partial charge in [0.05, 0.1) is 11.6 Å². The molecule has 2 rings (SSSR count). The molecule has 0 spiro atoms. The molecule has 0 aliphatic heterocycles. The number of hydrogen-bond acceptors (Lipinski definition) is 3. The Morgan fingerprint density at radius 3 is 2.60 bits per heavy atom. The Morgan fingerprint density at radius 1 is 1.40 bits per heavy atom. The van der Waals surface area contributed by atoms with Crippen LogP contribution in [0.25, 0.3) is 0 Å². The molecule has 1 saturated carbocycles. The van der Waals surface area contributed by atoms with Gasteiger partial charge in [-0.05, 0) is 45.6 Å². The average Bonchev–Trinajstić information content (AvgIpc) is 2.80. The van der Waals surface area contributed by atoms with Crippen LogP contribution in [-0.2, 0) is 11.3 Å². The van der Waals surface area contributed by atoms with Gasteiger partial charge < -0.3 is 10.4 Å². The Bertz CT molecular complexity index is 502. The Balaban J connectivity index is 1.94. The number of aryl methyl sites for hydroxylation is 2. The summed E-state index contributed by atoms with van der Waals surface area (Å²) >= 11 is 0. The topological polar surface area (TPSA) is 84.2 Å². The van der Waals surface area contributed by atoms with E-state index in [0.29, 0.717) is 25.1 Å². The summed E-state index contributed by atoms with van der Waals surface area (Å²) in [7, 11) is 0. The van der Waals surface area contributed by atoms with E-state index in [0.717, 1.165) is 18.5 Å². The molecule has 1 heterocycles. The molecule has 6 nitrogen and oxygen atoms in total. The molecule has 20 heavy (non-hydrogen) atoms. The maximum Gasteiger partial charge on any atom is 0.306 e. The summed E-state index contributed by atoms with van der Waals surface area (Å²) in [4.78, 5) is 23.1. The zero-order valence-electron chi connectivity index (χ0n) is 11.9. The van der Waals surface area contributed by atoms with E-state index < -0.39 is 5.97 Å². The fourth-order valence-corrected chi connectivity index (χ4v) is 2.71. The zero-order valence-corrected chi connectivity index (χ0v) is 11.9. The maximum absolute atomic E-state index is 12.2. The average molecular weight is 279 g/mol. The fourth-order valence-electron chi connectivity index (χ4n) is 2.71. The molecule has 0 saturated heterocycles. The molecule has 1 fully saturated rings. The number of carbonyl (C=O) groups excluding carboxylic acids is 1. The van der Waals surface area contributed by atoms with Gasteiger partial charge in [0.15, 0.2) is 0 Å². The Kier molecular flexibility index (Phi) is 4.42. The van der Waals surface area contributed by atoms with Crippen molar-refractivity contribution in [3.8, 4) is 0 Å². The van der Waals surface area contributed by atoms with Crippen LogP contribution >= 0.6 is 0 Å².